The van der Waals surface area contributed by atoms with Crippen LogP contribution in [0.5, 0.6) is 0 Å². The first kappa shape index (κ1) is 14.5. The average Bonchev–Trinajstić information content (AvgIpc) is 2.81. The maximum Gasteiger partial charge on any atom is 0.258 e. The second kappa shape index (κ2) is 6.00. The number of aromatic nitrogens is 2. The van der Waals surface area contributed by atoms with E-state index in [4.69, 9.17) is 11.6 Å². The van der Waals surface area contributed by atoms with Crippen molar-refractivity contribution in [1.29, 1.82) is 0 Å². The van der Waals surface area contributed by atoms with Crippen molar-refractivity contribution in [2.75, 3.05) is 5.32 Å². The molecule has 0 saturated heterocycles. The number of halogens is 3. The van der Waals surface area contributed by atoms with E-state index in [0.717, 1.165) is 30.7 Å². The van der Waals surface area contributed by atoms with E-state index in [1.165, 1.54) is 0 Å². The summed E-state index contributed by atoms with van der Waals surface area (Å²) in [7, 11) is 0. The number of nitrogens with zero attached hydrogens (tertiary/aromatic N) is 1. The Bertz CT molecular complexity index is 643. The van der Waals surface area contributed by atoms with Crippen LogP contribution in [0.25, 0.3) is 0 Å². The lowest BCUT2D eigenvalue weighted by atomic mass is 10.2. The summed E-state index contributed by atoms with van der Waals surface area (Å²) in [6.45, 7) is 2.01. The van der Waals surface area contributed by atoms with Gasteiger partial charge in [0, 0.05) is 11.8 Å². The van der Waals surface area contributed by atoms with E-state index in [-0.39, 0.29) is 10.6 Å². The van der Waals surface area contributed by atoms with Crippen molar-refractivity contribution in [2.45, 2.75) is 19.8 Å². The largest absolute Gasteiger partial charge is 0.305 e. The molecule has 0 aliphatic carbocycles. The van der Waals surface area contributed by atoms with Crippen molar-refractivity contribution in [3.8, 4) is 0 Å². The zero-order valence-electron chi connectivity index (χ0n) is 10.6. The van der Waals surface area contributed by atoms with Gasteiger partial charge in [0.25, 0.3) is 5.91 Å². The second-order valence-corrected chi connectivity index (χ2v) is 4.64. The highest BCUT2D eigenvalue weighted by Crippen LogP contribution is 2.21. The van der Waals surface area contributed by atoms with Crippen molar-refractivity contribution < 1.29 is 13.6 Å². The van der Waals surface area contributed by atoms with E-state index in [2.05, 4.69) is 15.5 Å². The molecule has 0 aliphatic heterocycles. The van der Waals surface area contributed by atoms with Gasteiger partial charge in [-0.2, -0.15) is 5.10 Å². The fourth-order valence-corrected chi connectivity index (χ4v) is 1.94. The van der Waals surface area contributed by atoms with E-state index in [1.54, 1.807) is 6.07 Å². The van der Waals surface area contributed by atoms with Crippen molar-refractivity contribution in [2.24, 2.45) is 0 Å². The van der Waals surface area contributed by atoms with Gasteiger partial charge in [-0.1, -0.05) is 24.9 Å². The summed E-state index contributed by atoms with van der Waals surface area (Å²) in [6.07, 6.45) is 1.74. The molecule has 0 fully saturated rings. The third-order valence-corrected chi connectivity index (χ3v) is 2.96. The van der Waals surface area contributed by atoms with E-state index < -0.39 is 17.5 Å². The van der Waals surface area contributed by atoms with Gasteiger partial charge in [-0.15, -0.1) is 0 Å². The van der Waals surface area contributed by atoms with Gasteiger partial charge in [0.15, 0.2) is 17.5 Å². The molecule has 0 aliphatic rings. The van der Waals surface area contributed by atoms with E-state index in [9.17, 15) is 13.6 Å². The predicted molar refractivity (Wildman–Crippen MR) is 71.9 cm³/mol. The lowest BCUT2D eigenvalue weighted by molar-refractivity contribution is 0.102. The monoisotopic (exact) mass is 299 g/mol. The molecule has 106 valence electrons. The predicted octanol–water partition coefficient (Wildman–Crippen LogP) is 3.55. The minimum absolute atomic E-state index is 0.148. The topological polar surface area (TPSA) is 57.8 Å². The summed E-state index contributed by atoms with van der Waals surface area (Å²) in [5.41, 5.74) is 0.727. The zero-order chi connectivity index (χ0) is 14.7. The van der Waals surface area contributed by atoms with Gasteiger partial charge in [-0.3, -0.25) is 9.89 Å². The quantitative estimate of drug-likeness (QED) is 0.848. The normalized spacial score (nSPS) is 10.6. The summed E-state index contributed by atoms with van der Waals surface area (Å²) in [5, 5.41) is 8.98. The minimum atomic E-state index is -1.13. The first-order valence-corrected chi connectivity index (χ1v) is 6.39. The Morgan fingerprint density at radius 1 is 1.35 bits per heavy atom. The maximum atomic E-state index is 13.1. The number of hydrogen-bond donors (Lipinski definition) is 2. The van der Waals surface area contributed by atoms with E-state index >= 15 is 0 Å². The van der Waals surface area contributed by atoms with Gasteiger partial charge in [0.1, 0.15) is 0 Å². The van der Waals surface area contributed by atoms with Crippen LogP contribution in [0.15, 0.2) is 18.2 Å². The van der Waals surface area contributed by atoms with E-state index in [1.807, 2.05) is 6.92 Å². The third-order valence-electron chi connectivity index (χ3n) is 2.65. The number of carbonyl (C=O) groups is 1. The Morgan fingerprint density at radius 2 is 2.05 bits per heavy atom. The summed E-state index contributed by atoms with van der Waals surface area (Å²) in [6, 6.07) is 3.20. The molecule has 20 heavy (non-hydrogen) atoms. The average molecular weight is 300 g/mol. The van der Waals surface area contributed by atoms with Crippen LogP contribution < -0.4 is 5.32 Å². The molecular weight excluding hydrogens is 288 g/mol. The van der Waals surface area contributed by atoms with Crippen LogP contribution >= 0.6 is 11.6 Å². The summed E-state index contributed by atoms with van der Waals surface area (Å²) in [4.78, 5) is 11.9. The van der Waals surface area contributed by atoms with Gasteiger partial charge in [0.2, 0.25) is 0 Å². The van der Waals surface area contributed by atoms with Gasteiger partial charge in [-0.25, -0.2) is 8.78 Å². The maximum absolute atomic E-state index is 13.1. The molecule has 0 bridgehead atoms. The van der Waals surface area contributed by atoms with Crippen LogP contribution in [0.1, 0.15) is 29.4 Å². The first-order valence-electron chi connectivity index (χ1n) is 6.01. The minimum Gasteiger partial charge on any atom is -0.305 e. The molecule has 7 heteroatoms. The van der Waals surface area contributed by atoms with Crippen LogP contribution in [0.4, 0.5) is 14.6 Å². The van der Waals surface area contributed by atoms with Crippen LogP contribution in [-0.2, 0) is 6.42 Å². The summed E-state index contributed by atoms with van der Waals surface area (Å²) < 4.78 is 26.1. The molecule has 0 spiro atoms. The molecule has 0 radical (unpaired) electrons. The highest BCUT2D eigenvalue weighted by atomic mass is 35.5. The Hall–Kier alpha value is -1.95. The van der Waals surface area contributed by atoms with Gasteiger partial charge in [0.05, 0.1) is 10.6 Å². The number of aromatic amines is 1. The number of amides is 1. The molecule has 1 amide bonds. The van der Waals surface area contributed by atoms with Crippen molar-refractivity contribution in [3.63, 3.8) is 0 Å². The number of carbonyl (C=O) groups excluding carboxylic acids is 1. The SMILES string of the molecule is CCCc1cc(NC(=O)c2cc(F)c(F)cc2Cl)n[nH]1. The standard InChI is InChI=1S/C13H12ClF2N3O/c1-2-3-7-4-12(19-18-7)17-13(20)8-5-10(15)11(16)6-9(8)14/h4-6H,2-3H2,1H3,(H2,17,18,19,20). The van der Waals surface area contributed by atoms with Crippen LogP contribution in [-0.4, -0.2) is 16.1 Å². The molecule has 2 aromatic rings. The molecule has 1 aromatic carbocycles. The molecule has 0 atom stereocenters. The van der Waals surface area contributed by atoms with Crippen molar-refractivity contribution in [1.82, 2.24) is 10.2 Å². The lowest BCUT2D eigenvalue weighted by Crippen LogP contribution is -2.13. The number of anilines is 1. The Labute approximate surface area is 119 Å². The number of nitrogens with one attached hydrogen (secondary N) is 2. The number of rotatable bonds is 4. The second-order valence-electron chi connectivity index (χ2n) is 4.23. The van der Waals surface area contributed by atoms with Crippen LogP contribution in [0, 0.1) is 11.6 Å². The molecular formula is C13H12ClF2N3O. The van der Waals surface area contributed by atoms with Crippen LogP contribution in [0.2, 0.25) is 5.02 Å². The fraction of sp³-hybridized carbons (Fsp3) is 0.231. The summed E-state index contributed by atoms with van der Waals surface area (Å²) in [5.74, 6) is -2.58. The Balaban J connectivity index is 2.17. The van der Waals surface area contributed by atoms with Crippen LogP contribution in [0.3, 0.4) is 0 Å². The zero-order valence-corrected chi connectivity index (χ0v) is 11.4. The third kappa shape index (κ3) is 3.14. The van der Waals surface area contributed by atoms with Gasteiger partial charge < -0.3 is 5.32 Å². The smallest absolute Gasteiger partial charge is 0.258 e. The molecule has 1 aromatic heterocycles. The molecule has 0 saturated carbocycles. The number of hydrogen-bond acceptors (Lipinski definition) is 2. The highest BCUT2D eigenvalue weighted by Gasteiger charge is 2.16. The molecule has 1 heterocycles. The molecule has 2 rings (SSSR count). The van der Waals surface area contributed by atoms with Crippen molar-refractivity contribution >= 4 is 23.3 Å². The Kier molecular flexibility index (Phi) is 4.34. The molecule has 2 N–H and O–H groups in total. The fourth-order valence-electron chi connectivity index (χ4n) is 1.70. The van der Waals surface area contributed by atoms with Gasteiger partial charge in [-0.05, 0) is 18.6 Å². The number of H-pyrrole nitrogens is 1. The van der Waals surface area contributed by atoms with E-state index in [0.29, 0.717) is 5.82 Å². The highest BCUT2D eigenvalue weighted by molar-refractivity contribution is 6.34. The number of benzene rings is 1. The molecule has 0 unspecified atom stereocenters. The first-order chi connectivity index (χ1) is 9.51. The lowest BCUT2D eigenvalue weighted by Gasteiger charge is -2.04. The summed E-state index contributed by atoms with van der Waals surface area (Å²) >= 11 is 5.72. The number of aryl methyl sites for hydroxylation is 1. The van der Waals surface area contributed by atoms with Gasteiger partial charge >= 0.3 is 0 Å². The Morgan fingerprint density at radius 3 is 2.75 bits per heavy atom. The van der Waals surface area contributed by atoms with Crippen molar-refractivity contribution in [3.05, 3.63) is 46.1 Å². The molecule has 4 nitrogen and oxygen atoms in total.